The lowest BCUT2D eigenvalue weighted by atomic mass is 10.2. The fourth-order valence-electron chi connectivity index (χ4n) is 1.55. The van der Waals surface area contributed by atoms with Crippen molar-refractivity contribution in [3.8, 4) is 0 Å². The number of rotatable bonds is 5. The number of hydrogen-bond acceptors (Lipinski definition) is 3. The summed E-state index contributed by atoms with van der Waals surface area (Å²) in [6.45, 7) is 0.782. The zero-order valence-electron chi connectivity index (χ0n) is 9.64. The molecule has 0 spiro atoms. The van der Waals surface area contributed by atoms with E-state index in [1.54, 1.807) is 11.8 Å². The molecule has 0 amide bonds. The molecule has 17 heavy (non-hydrogen) atoms. The van der Waals surface area contributed by atoms with E-state index in [0.717, 1.165) is 24.0 Å². The van der Waals surface area contributed by atoms with Gasteiger partial charge in [-0.05, 0) is 24.0 Å². The van der Waals surface area contributed by atoms with Crippen LogP contribution in [0.15, 0.2) is 35.4 Å². The molecule has 0 atom stereocenters. The minimum atomic E-state index is 0.782. The molecule has 0 unspecified atom stereocenters. The molecule has 0 fully saturated rings. The second-order valence-corrected chi connectivity index (χ2v) is 5.37. The van der Waals surface area contributed by atoms with Crippen LogP contribution in [0.3, 0.4) is 0 Å². The summed E-state index contributed by atoms with van der Waals surface area (Å²) >= 11 is 5.15. The van der Waals surface area contributed by atoms with Gasteiger partial charge in [-0.25, -0.2) is 4.68 Å². The van der Waals surface area contributed by atoms with Gasteiger partial charge in [0, 0.05) is 22.8 Å². The molecule has 1 aromatic carbocycles. The Morgan fingerprint density at radius 1 is 1.29 bits per heavy atom. The van der Waals surface area contributed by atoms with Crippen molar-refractivity contribution in [1.82, 2.24) is 15.0 Å². The highest BCUT2D eigenvalue weighted by Gasteiger charge is 2.01. The predicted octanol–water partition coefficient (Wildman–Crippen LogP) is 2.99. The zero-order chi connectivity index (χ0) is 12.1. The van der Waals surface area contributed by atoms with Gasteiger partial charge in [0.1, 0.15) is 0 Å². The summed E-state index contributed by atoms with van der Waals surface area (Å²) < 4.78 is 1.88. The van der Waals surface area contributed by atoms with Gasteiger partial charge < -0.3 is 0 Å². The van der Waals surface area contributed by atoms with Crippen molar-refractivity contribution in [2.24, 2.45) is 0 Å². The van der Waals surface area contributed by atoms with Gasteiger partial charge in [-0.1, -0.05) is 33.3 Å². The maximum atomic E-state index is 4.11. The second kappa shape index (κ2) is 6.21. The maximum Gasteiger partial charge on any atom is 0.0835 e. The molecule has 0 aliphatic rings. The molecule has 1 heterocycles. The van der Waals surface area contributed by atoms with E-state index in [9.17, 15) is 0 Å². The van der Waals surface area contributed by atoms with Gasteiger partial charge in [-0.3, -0.25) is 0 Å². The average molecular weight is 312 g/mol. The van der Waals surface area contributed by atoms with Gasteiger partial charge in [0.25, 0.3) is 0 Å². The number of thioether (sulfide) groups is 1. The molecule has 0 radical (unpaired) electrons. The number of hydrogen-bond donors (Lipinski definition) is 0. The number of nitrogens with zero attached hydrogens (tertiary/aromatic N) is 3. The van der Waals surface area contributed by atoms with E-state index < -0.39 is 0 Å². The number of benzene rings is 1. The first-order valence-corrected chi connectivity index (χ1v) is 7.74. The topological polar surface area (TPSA) is 30.7 Å². The zero-order valence-corrected chi connectivity index (χ0v) is 12.0. The van der Waals surface area contributed by atoms with Crippen LogP contribution in [0.1, 0.15) is 11.3 Å². The number of aromatic nitrogens is 3. The molecule has 0 aliphatic carbocycles. The van der Waals surface area contributed by atoms with E-state index in [1.807, 2.05) is 10.9 Å². The summed E-state index contributed by atoms with van der Waals surface area (Å²) in [5.74, 6) is 0. The SMILES string of the molecule is CSc1ccc(Cn2cc(CCBr)nn2)cc1. The van der Waals surface area contributed by atoms with Crippen LogP contribution in [0, 0.1) is 0 Å². The fourth-order valence-corrected chi connectivity index (χ4v) is 2.36. The minimum absolute atomic E-state index is 0.782. The van der Waals surface area contributed by atoms with E-state index in [1.165, 1.54) is 10.5 Å². The molecule has 0 saturated heterocycles. The lowest BCUT2D eigenvalue weighted by Gasteiger charge is -2.02. The fraction of sp³-hybridized carbons (Fsp3) is 0.333. The molecule has 2 rings (SSSR count). The summed E-state index contributed by atoms with van der Waals surface area (Å²) in [7, 11) is 0. The molecule has 0 N–H and O–H groups in total. The van der Waals surface area contributed by atoms with Gasteiger partial charge in [0.15, 0.2) is 0 Å². The van der Waals surface area contributed by atoms with Gasteiger partial charge in [0.05, 0.1) is 12.2 Å². The van der Waals surface area contributed by atoms with E-state index in [-0.39, 0.29) is 0 Å². The smallest absolute Gasteiger partial charge is 0.0835 e. The first-order valence-electron chi connectivity index (χ1n) is 5.39. The second-order valence-electron chi connectivity index (χ2n) is 3.69. The maximum absolute atomic E-state index is 4.11. The minimum Gasteiger partial charge on any atom is -0.248 e. The van der Waals surface area contributed by atoms with Crippen molar-refractivity contribution in [2.75, 3.05) is 11.6 Å². The van der Waals surface area contributed by atoms with E-state index >= 15 is 0 Å². The largest absolute Gasteiger partial charge is 0.248 e. The number of halogens is 1. The molecule has 3 nitrogen and oxygen atoms in total. The summed E-state index contributed by atoms with van der Waals surface area (Å²) in [4.78, 5) is 1.28. The molecular formula is C12H14BrN3S. The standard InChI is InChI=1S/C12H14BrN3S/c1-17-12-4-2-10(3-5-12)8-16-9-11(6-7-13)14-15-16/h2-5,9H,6-8H2,1H3. The van der Waals surface area contributed by atoms with E-state index in [4.69, 9.17) is 0 Å². The van der Waals surface area contributed by atoms with Crippen LogP contribution in [-0.4, -0.2) is 26.6 Å². The summed E-state index contributed by atoms with van der Waals surface area (Å²) in [5.41, 5.74) is 2.28. The third kappa shape index (κ3) is 3.57. The summed E-state index contributed by atoms with van der Waals surface area (Å²) in [6, 6.07) is 8.54. The van der Waals surface area contributed by atoms with Crippen molar-refractivity contribution in [3.63, 3.8) is 0 Å². The van der Waals surface area contributed by atoms with Gasteiger partial charge in [-0.15, -0.1) is 16.9 Å². The predicted molar refractivity (Wildman–Crippen MR) is 74.8 cm³/mol. The molecule has 90 valence electrons. The van der Waals surface area contributed by atoms with Gasteiger partial charge in [0.2, 0.25) is 0 Å². The Kier molecular flexibility index (Phi) is 4.62. The van der Waals surface area contributed by atoms with Crippen LogP contribution in [0.5, 0.6) is 0 Å². The van der Waals surface area contributed by atoms with Crippen molar-refractivity contribution in [3.05, 3.63) is 41.7 Å². The Morgan fingerprint density at radius 3 is 2.71 bits per heavy atom. The van der Waals surface area contributed by atoms with Crippen LogP contribution in [0.4, 0.5) is 0 Å². The third-order valence-electron chi connectivity index (χ3n) is 2.44. The first kappa shape index (κ1) is 12.6. The van der Waals surface area contributed by atoms with Crippen LogP contribution < -0.4 is 0 Å². The van der Waals surface area contributed by atoms with Crippen LogP contribution in [0.2, 0.25) is 0 Å². The highest BCUT2D eigenvalue weighted by Crippen LogP contribution is 2.15. The lowest BCUT2D eigenvalue weighted by molar-refractivity contribution is 0.649. The van der Waals surface area contributed by atoms with Crippen LogP contribution in [-0.2, 0) is 13.0 Å². The van der Waals surface area contributed by atoms with Crippen molar-refractivity contribution in [2.45, 2.75) is 17.9 Å². The Labute approximate surface area is 114 Å². The van der Waals surface area contributed by atoms with Crippen molar-refractivity contribution >= 4 is 27.7 Å². The monoisotopic (exact) mass is 311 g/mol. The van der Waals surface area contributed by atoms with Gasteiger partial charge in [-0.2, -0.15) is 0 Å². The highest BCUT2D eigenvalue weighted by atomic mass is 79.9. The Balaban J connectivity index is 2.03. The number of aryl methyl sites for hydroxylation is 1. The first-order chi connectivity index (χ1) is 8.31. The molecule has 0 aliphatic heterocycles. The molecule has 0 saturated carbocycles. The van der Waals surface area contributed by atoms with E-state index in [2.05, 4.69) is 56.8 Å². The lowest BCUT2D eigenvalue weighted by Crippen LogP contribution is -2.00. The Hall–Kier alpha value is -0.810. The highest BCUT2D eigenvalue weighted by molar-refractivity contribution is 9.09. The molecular weight excluding hydrogens is 298 g/mol. The normalized spacial score (nSPS) is 10.7. The van der Waals surface area contributed by atoms with Crippen LogP contribution >= 0.6 is 27.7 Å². The molecule has 2 aromatic rings. The van der Waals surface area contributed by atoms with Crippen LogP contribution in [0.25, 0.3) is 0 Å². The van der Waals surface area contributed by atoms with Crippen molar-refractivity contribution < 1.29 is 0 Å². The van der Waals surface area contributed by atoms with Gasteiger partial charge >= 0.3 is 0 Å². The Bertz CT molecular complexity index is 467. The summed E-state index contributed by atoms with van der Waals surface area (Å²) in [5, 5.41) is 9.15. The van der Waals surface area contributed by atoms with E-state index in [0.29, 0.717) is 0 Å². The van der Waals surface area contributed by atoms with Crippen molar-refractivity contribution in [1.29, 1.82) is 0 Å². The molecule has 5 heteroatoms. The third-order valence-corrected chi connectivity index (χ3v) is 3.58. The Morgan fingerprint density at radius 2 is 2.06 bits per heavy atom. The average Bonchev–Trinajstić information content (AvgIpc) is 2.78. The molecule has 1 aromatic heterocycles. The quantitative estimate of drug-likeness (QED) is 0.628. The number of alkyl halides is 1. The molecule has 0 bridgehead atoms. The summed E-state index contributed by atoms with van der Waals surface area (Å²) in [6.07, 6.45) is 5.01.